The number of nitrogens with zero attached hydrogens (tertiary/aromatic N) is 1. The molecule has 1 amide bonds. The van der Waals surface area contributed by atoms with Crippen LogP contribution >= 0.6 is 0 Å². The van der Waals surface area contributed by atoms with Gasteiger partial charge in [-0.3, -0.25) is 14.6 Å². The molecule has 1 N–H and O–H groups in total. The van der Waals surface area contributed by atoms with Crippen molar-refractivity contribution in [3.8, 4) is 0 Å². The summed E-state index contributed by atoms with van der Waals surface area (Å²) in [5.74, 6) is -0.648. The zero-order valence-electron chi connectivity index (χ0n) is 13.5. The van der Waals surface area contributed by atoms with Gasteiger partial charge in [0, 0.05) is 11.9 Å². The smallest absolute Gasteiger partial charge is 0.307 e. The molecule has 0 unspecified atom stereocenters. The van der Waals surface area contributed by atoms with E-state index in [2.05, 4.69) is 10.3 Å². The summed E-state index contributed by atoms with van der Waals surface area (Å²) >= 11 is 0. The molecule has 0 aliphatic heterocycles. The van der Waals surface area contributed by atoms with E-state index in [4.69, 9.17) is 4.74 Å². The number of carbonyl (C=O) groups excluding carboxylic acids is 2. The van der Waals surface area contributed by atoms with Gasteiger partial charge in [0.25, 0.3) is 5.91 Å². The van der Waals surface area contributed by atoms with Crippen LogP contribution in [0.4, 0.5) is 0 Å². The van der Waals surface area contributed by atoms with E-state index < -0.39 is 6.04 Å². The number of esters is 1. The lowest BCUT2D eigenvalue weighted by atomic mass is 10.0. The number of hydrogen-bond acceptors (Lipinski definition) is 4. The number of hydrogen-bond donors (Lipinski definition) is 1. The van der Waals surface area contributed by atoms with E-state index >= 15 is 0 Å². The van der Waals surface area contributed by atoms with Crippen LogP contribution in [0.3, 0.4) is 0 Å². The van der Waals surface area contributed by atoms with Gasteiger partial charge in [-0.2, -0.15) is 0 Å². The molecule has 0 aliphatic rings. The quantitative estimate of drug-likeness (QED) is 0.862. The summed E-state index contributed by atoms with van der Waals surface area (Å²) in [6.45, 7) is 3.84. The van der Waals surface area contributed by atoms with Gasteiger partial charge < -0.3 is 10.1 Å². The highest BCUT2D eigenvalue weighted by molar-refractivity contribution is 5.94. The number of amides is 1. The minimum atomic E-state index is -0.447. The fraction of sp³-hybridized carbons (Fsp3) is 0.278. The Hall–Kier alpha value is -2.69. The highest BCUT2D eigenvalue weighted by Gasteiger charge is 2.19. The number of aryl methyl sites for hydroxylation is 2. The SMILES string of the molecule is COC(=O)C[C@H](NC(=O)c1ccc(C)nc1)c1ccc(C)cc1. The van der Waals surface area contributed by atoms with Crippen LogP contribution in [0.5, 0.6) is 0 Å². The third kappa shape index (κ3) is 4.64. The summed E-state index contributed by atoms with van der Waals surface area (Å²) in [5.41, 5.74) is 3.26. The number of rotatable bonds is 5. The van der Waals surface area contributed by atoms with Crippen LogP contribution < -0.4 is 5.32 Å². The summed E-state index contributed by atoms with van der Waals surface area (Å²) in [7, 11) is 1.33. The number of benzene rings is 1. The molecule has 1 aromatic carbocycles. The Kier molecular flexibility index (Phi) is 5.46. The largest absolute Gasteiger partial charge is 0.469 e. The molecule has 23 heavy (non-hydrogen) atoms. The van der Waals surface area contributed by atoms with Gasteiger partial charge in [0.1, 0.15) is 0 Å². The number of carbonyl (C=O) groups is 2. The van der Waals surface area contributed by atoms with Gasteiger partial charge in [0.05, 0.1) is 25.1 Å². The van der Waals surface area contributed by atoms with Gasteiger partial charge in [0.15, 0.2) is 0 Å². The predicted octanol–water partition coefficient (Wildman–Crippen LogP) is 2.73. The van der Waals surface area contributed by atoms with Crippen LogP contribution in [0.15, 0.2) is 42.6 Å². The highest BCUT2D eigenvalue weighted by atomic mass is 16.5. The predicted molar refractivity (Wildman–Crippen MR) is 87.0 cm³/mol. The molecule has 0 fully saturated rings. The van der Waals surface area contributed by atoms with Crippen molar-refractivity contribution in [2.75, 3.05) is 7.11 Å². The summed E-state index contributed by atoms with van der Waals surface area (Å²) in [5, 5.41) is 2.87. The third-order valence-electron chi connectivity index (χ3n) is 3.56. The van der Waals surface area contributed by atoms with Crippen molar-refractivity contribution < 1.29 is 14.3 Å². The zero-order chi connectivity index (χ0) is 16.8. The maximum Gasteiger partial charge on any atom is 0.307 e. The summed E-state index contributed by atoms with van der Waals surface area (Å²) in [6, 6.07) is 10.7. The Bertz CT molecular complexity index is 678. The molecule has 5 heteroatoms. The van der Waals surface area contributed by atoms with Crippen molar-refractivity contribution in [3.05, 3.63) is 65.0 Å². The second kappa shape index (κ2) is 7.54. The Morgan fingerprint density at radius 3 is 2.39 bits per heavy atom. The first-order valence-corrected chi connectivity index (χ1v) is 7.36. The number of aromatic nitrogens is 1. The van der Waals surface area contributed by atoms with E-state index in [1.54, 1.807) is 12.1 Å². The van der Waals surface area contributed by atoms with Gasteiger partial charge in [-0.05, 0) is 31.5 Å². The molecule has 0 aliphatic carbocycles. The molecule has 1 heterocycles. The standard InChI is InChI=1S/C18H20N2O3/c1-12-4-7-14(8-5-12)16(10-17(21)23-3)20-18(22)15-9-6-13(2)19-11-15/h4-9,11,16H,10H2,1-3H3,(H,20,22)/t16-/m0/s1. The molecule has 0 saturated carbocycles. The van der Waals surface area contributed by atoms with Gasteiger partial charge in [0.2, 0.25) is 0 Å². The van der Waals surface area contributed by atoms with Gasteiger partial charge in [-0.25, -0.2) is 0 Å². The molecule has 0 spiro atoms. The fourth-order valence-corrected chi connectivity index (χ4v) is 2.14. The lowest BCUT2D eigenvalue weighted by Gasteiger charge is -2.18. The third-order valence-corrected chi connectivity index (χ3v) is 3.56. The summed E-state index contributed by atoms with van der Waals surface area (Å²) < 4.78 is 4.73. The van der Waals surface area contributed by atoms with Gasteiger partial charge >= 0.3 is 5.97 Å². The van der Waals surface area contributed by atoms with Crippen LogP contribution in [0.2, 0.25) is 0 Å². The average Bonchev–Trinajstić information content (AvgIpc) is 2.55. The van der Waals surface area contributed by atoms with Crippen molar-refractivity contribution >= 4 is 11.9 Å². The summed E-state index contributed by atoms with van der Waals surface area (Å²) in [4.78, 5) is 28.1. The van der Waals surface area contributed by atoms with E-state index in [0.717, 1.165) is 16.8 Å². The minimum Gasteiger partial charge on any atom is -0.469 e. The monoisotopic (exact) mass is 312 g/mol. The molecule has 1 aromatic heterocycles. The van der Waals surface area contributed by atoms with Gasteiger partial charge in [-0.15, -0.1) is 0 Å². The van der Waals surface area contributed by atoms with Crippen LogP contribution in [0.1, 0.15) is 39.6 Å². The van der Waals surface area contributed by atoms with E-state index in [1.165, 1.54) is 13.3 Å². The van der Waals surface area contributed by atoms with E-state index in [9.17, 15) is 9.59 Å². The Morgan fingerprint density at radius 2 is 1.83 bits per heavy atom. The lowest BCUT2D eigenvalue weighted by molar-refractivity contribution is -0.141. The molecular formula is C18H20N2O3. The van der Waals surface area contributed by atoms with E-state index in [0.29, 0.717) is 5.56 Å². The first-order valence-electron chi connectivity index (χ1n) is 7.36. The molecular weight excluding hydrogens is 292 g/mol. The second-order valence-electron chi connectivity index (χ2n) is 5.41. The fourth-order valence-electron chi connectivity index (χ4n) is 2.14. The first kappa shape index (κ1) is 16.7. The van der Waals surface area contributed by atoms with E-state index in [1.807, 2.05) is 38.1 Å². The molecule has 2 rings (SSSR count). The van der Waals surface area contributed by atoms with Crippen LogP contribution in [0.25, 0.3) is 0 Å². The Morgan fingerprint density at radius 1 is 1.13 bits per heavy atom. The van der Waals surface area contributed by atoms with Crippen molar-refractivity contribution in [1.82, 2.24) is 10.3 Å². The van der Waals surface area contributed by atoms with Crippen LogP contribution in [-0.2, 0) is 9.53 Å². The first-order chi connectivity index (χ1) is 11.0. The average molecular weight is 312 g/mol. The number of nitrogens with one attached hydrogen (secondary N) is 1. The molecule has 1 atom stereocenters. The van der Waals surface area contributed by atoms with Crippen molar-refractivity contribution in [1.29, 1.82) is 0 Å². The number of methoxy groups -OCH3 is 1. The molecule has 0 saturated heterocycles. The zero-order valence-corrected chi connectivity index (χ0v) is 13.5. The van der Waals surface area contributed by atoms with Crippen LogP contribution in [-0.4, -0.2) is 24.0 Å². The minimum absolute atomic E-state index is 0.0740. The summed E-state index contributed by atoms with van der Waals surface area (Å²) in [6.07, 6.45) is 1.60. The van der Waals surface area contributed by atoms with Crippen molar-refractivity contribution in [2.45, 2.75) is 26.3 Å². The molecule has 0 radical (unpaired) electrons. The number of ether oxygens (including phenoxy) is 1. The Balaban J connectivity index is 2.19. The highest BCUT2D eigenvalue weighted by Crippen LogP contribution is 2.19. The normalized spacial score (nSPS) is 11.6. The molecule has 5 nitrogen and oxygen atoms in total. The van der Waals surface area contributed by atoms with Crippen molar-refractivity contribution in [2.24, 2.45) is 0 Å². The second-order valence-corrected chi connectivity index (χ2v) is 5.41. The number of pyridine rings is 1. The maximum absolute atomic E-state index is 12.4. The molecule has 120 valence electrons. The molecule has 2 aromatic rings. The maximum atomic E-state index is 12.4. The van der Waals surface area contributed by atoms with Crippen LogP contribution in [0, 0.1) is 13.8 Å². The Labute approximate surface area is 135 Å². The topological polar surface area (TPSA) is 68.3 Å². The molecule has 0 bridgehead atoms. The lowest BCUT2D eigenvalue weighted by Crippen LogP contribution is -2.30. The van der Waals surface area contributed by atoms with E-state index in [-0.39, 0.29) is 18.3 Å². The van der Waals surface area contributed by atoms with Gasteiger partial charge in [-0.1, -0.05) is 29.8 Å². The van der Waals surface area contributed by atoms with Crippen molar-refractivity contribution in [3.63, 3.8) is 0 Å².